The molecule has 0 aliphatic carbocycles. The molecule has 0 unspecified atom stereocenters. The summed E-state index contributed by atoms with van der Waals surface area (Å²) < 4.78 is 0. The second-order valence-electron chi connectivity index (χ2n) is 3.82. The second kappa shape index (κ2) is 4.73. The SMILES string of the molecule is Cc1[nH]nc(-c2cccnc2)c1N=NN(C)C. The molecule has 6 heteroatoms. The van der Waals surface area contributed by atoms with Crippen molar-refractivity contribution in [3.8, 4) is 11.3 Å². The van der Waals surface area contributed by atoms with Crippen molar-refractivity contribution in [2.45, 2.75) is 6.92 Å². The van der Waals surface area contributed by atoms with E-state index < -0.39 is 0 Å². The topological polar surface area (TPSA) is 69.5 Å². The average molecular weight is 230 g/mol. The molecule has 0 aliphatic heterocycles. The molecular formula is C11H14N6. The first-order valence-corrected chi connectivity index (χ1v) is 5.23. The van der Waals surface area contributed by atoms with E-state index in [2.05, 4.69) is 25.5 Å². The summed E-state index contributed by atoms with van der Waals surface area (Å²) in [7, 11) is 3.64. The number of nitrogens with zero attached hydrogens (tertiary/aromatic N) is 5. The highest BCUT2D eigenvalue weighted by Crippen LogP contribution is 2.30. The lowest BCUT2D eigenvalue weighted by Gasteiger charge is -2.01. The monoisotopic (exact) mass is 230 g/mol. The van der Waals surface area contributed by atoms with Crippen LogP contribution in [0.25, 0.3) is 11.3 Å². The summed E-state index contributed by atoms with van der Waals surface area (Å²) in [4.78, 5) is 4.07. The summed E-state index contributed by atoms with van der Waals surface area (Å²) in [6.07, 6.45) is 3.48. The van der Waals surface area contributed by atoms with Gasteiger partial charge in [-0.15, -0.1) is 5.11 Å². The van der Waals surface area contributed by atoms with Crippen molar-refractivity contribution in [1.29, 1.82) is 0 Å². The minimum Gasteiger partial charge on any atom is -0.285 e. The van der Waals surface area contributed by atoms with Crippen LogP contribution in [0.5, 0.6) is 0 Å². The van der Waals surface area contributed by atoms with Crippen LogP contribution >= 0.6 is 0 Å². The van der Waals surface area contributed by atoms with E-state index in [0.29, 0.717) is 0 Å². The zero-order valence-electron chi connectivity index (χ0n) is 10.0. The van der Waals surface area contributed by atoms with Crippen LogP contribution < -0.4 is 0 Å². The van der Waals surface area contributed by atoms with Gasteiger partial charge >= 0.3 is 0 Å². The zero-order valence-corrected chi connectivity index (χ0v) is 10.0. The molecule has 17 heavy (non-hydrogen) atoms. The summed E-state index contributed by atoms with van der Waals surface area (Å²) in [5.74, 6) is 0. The molecular weight excluding hydrogens is 216 g/mol. The molecule has 0 bridgehead atoms. The zero-order chi connectivity index (χ0) is 12.3. The van der Waals surface area contributed by atoms with Crippen molar-refractivity contribution in [2.75, 3.05) is 14.1 Å². The molecule has 88 valence electrons. The number of hydrogen-bond donors (Lipinski definition) is 1. The van der Waals surface area contributed by atoms with Crippen LogP contribution in [0.2, 0.25) is 0 Å². The lowest BCUT2D eigenvalue weighted by molar-refractivity contribution is 0.408. The number of aromatic nitrogens is 3. The highest BCUT2D eigenvalue weighted by atomic mass is 15.5. The summed E-state index contributed by atoms with van der Waals surface area (Å²) >= 11 is 0. The fourth-order valence-corrected chi connectivity index (χ4v) is 1.38. The molecule has 0 amide bonds. The molecule has 0 fully saturated rings. The van der Waals surface area contributed by atoms with Crippen LogP contribution in [-0.4, -0.2) is 34.3 Å². The first-order valence-electron chi connectivity index (χ1n) is 5.23. The smallest absolute Gasteiger partial charge is 0.136 e. The van der Waals surface area contributed by atoms with E-state index in [-0.39, 0.29) is 0 Å². The predicted molar refractivity (Wildman–Crippen MR) is 64.8 cm³/mol. The van der Waals surface area contributed by atoms with E-state index in [4.69, 9.17) is 0 Å². The molecule has 1 N–H and O–H groups in total. The first-order chi connectivity index (χ1) is 8.18. The number of rotatable bonds is 3. The molecule has 0 saturated heterocycles. The van der Waals surface area contributed by atoms with Crippen LogP contribution in [0.4, 0.5) is 5.69 Å². The largest absolute Gasteiger partial charge is 0.285 e. The number of pyridine rings is 1. The molecule has 0 spiro atoms. The van der Waals surface area contributed by atoms with Gasteiger partial charge in [-0.25, -0.2) is 0 Å². The third-order valence-electron chi connectivity index (χ3n) is 2.17. The standard InChI is InChI=1S/C11H14N6/c1-8-10(15-16-17(2)3)11(14-13-8)9-5-4-6-12-7-9/h4-7H,1-3H3,(H,13,14). The number of aromatic amines is 1. The maximum atomic E-state index is 4.23. The molecule has 0 aliphatic rings. The van der Waals surface area contributed by atoms with Crippen molar-refractivity contribution in [1.82, 2.24) is 20.2 Å². The van der Waals surface area contributed by atoms with Crippen molar-refractivity contribution >= 4 is 5.69 Å². The van der Waals surface area contributed by atoms with E-state index in [1.165, 1.54) is 0 Å². The van der Waals surface area contributed by atoms with Gasteiger partial charge in [-0.2, -0.15) is 5.10 Å². The van der Waals surface area contributed by atoms with E-state index in [1.54, 1.807) is 17.4 Å². The molecule has 0 aromatic carbocycles. The summed E-state index contributed by atoms with van der Waals surface area (Å²) in [5.41, 5.74) is 3.31. The molecule has 0 atom stereocenters. The molecule has 2 rings (SSSR count). The Balaban J connectivity index is 2.43. The van der Waals surface area contributed by atoms with E-state index in [9.17, 15) is 0 Å². The van der Waals surface area contributed by atoms with E-state index in [1.807, 2.05) is 33.2 Å². The Morgan fingerprint density at radius 1 is 1.35 bits per heavy atom. The summed E-state index contributed by atoms with van der Waals surface area (Å²) in [6.45, 7) is 1.91. The van der Waals surface area contributed by atoms with Crippen molar-refractivity contribution in [3.05, 3.63) is 30.2 Å². The Morgan fingerprint density at radius 3 is 2.82 bits per heavy atom. The van der Waals surface area contributed by atoms with Gasteiger partial charge in [-0.3, -0.25) is 15.1 Å². The third kappa shape index (κ3) is 2.47. The van der Waals surface area contributed by atoms with Crippen LogP contribution in [0.15, 0.2) is 34.9 Å². The number of hydrogen-bond acceptors (Lipinski definition) is 4. The van der Waals surface area contributed by atoms with Gasteiger partial charge in [-0.1, -0.05) is 5.22 Å². The van der Waals surface area contributed by atoms with Gasteiger partial charge in [0, 0.05) is 32.1 Å². The maximum Gasteiger partial charge on any atom is 0.136 e. The molecule has 0 saturated carbocycles. The molecule has 6 nitrogen and oxygen atoms in total. The fourth-order valence-electron chi connectivity index (χ4n) is 1.38. The van der Waals surface area contributed by atoms with E-state index >= 15 is 0 Å². The molecule has 0 radical (unpaired) electrons. The molecule has 2 aromatic rings. The highest BCUT2D eigenvalue weighted by Gasteiger charge is 2.11. The molecule has 2 aromatic heterocycles. The van der Waals surface area contributed by atoms with Gasteiger partial charge in [0.2, 0.25) is 0 Å². The van der Waals surface area contributed by atoms with Crippen LogP contribution in [0, 0.1) is 6.92 Å². The summed E-state index contributed by atoms with van der Waals surface area (Å²) in [5, 5.41) is 16.9. The Morgan fingerprint density at radius 2 is 2.18 bits per heavy atom. The van der Waals surface area contributed by atoms with Gasteiger partial charge in [0.25, 0.3) is 0 Å². The Labute approximate surface area is 99.4 Å². The summed E-state index contributed by atoms with van der Waals surface area (Å²) in [6, 6.07) is 3.81. The minimum absolute atomic E-state index is 0.742. The number of nitrogens with one attached hydrogen (secondary N) is 1. The van der Waals surface area contributed by atoms with Gasteiger partial charge in [0.1, 0.15) is 11.4 Å². The van der Waals surface area contributed by atoms with Gasteiger partial charge in [-0.05, 0) is 19.1 Å². The quantitative estimate of drug-likeness (QED) is 0.650. The number of H-pyrrole nitrogens is 1. The second-order valence-corrected chi connectivity index (χ2v) is 3.82. The Hall–Kier alpha value is -2.24. The average Bonchev–Trinajstić information content (AvgIpc) is 2.69. The predicted octanol–water partition coefficient (Wildman–Crippen LogP) is 2.34. The van der Waals surface area contributed by atoms with Crippen molar-refractivity contribution in [3.63, 3.8) is 0 Å². The number of aryl methyl sites for hydroxylation is 1. The minimum atomic E-state index is 0.742. The normalized spacial score (nSPS) is 11.0. The lowest BCUT2D eigenvalue weighted by Crippen LogP contribution is -1.99. The Kier molecular flexibility index (Phi) is 3.13. The van der Waals surface area contributed by atoms with Crippen molar-refractivity contribution < 1.29 is 0 Å². The maximum absolute atomic E-state index is 4.23. The van der Waals surface area contributed by atoms with Crippen LogP contribution in [0.3, 0.4) is 0 Å². The van der Waals surface area contributed by atoms with Crippen LogP contribution in [0.1, 0.15) is 5.69 Å². The van der Waals surface area contributed by atoms with Gasteiger partial charge in [0.15, 0.2) is 0 Å². The van der Waals surface area contributed by atoms with Gasteiger partial charge in [0.05, 0.1) is 5.69 Å². The van der Waals surface area contributed by atoms with Gasteiger partial charge < -0.3 is 0 Å². The van der Waals surface area contributed by atoms with Crippen molar-refractivity contribution in [2.24, 2.45) is 10.3 Å². The lowest BCUT2D eigenvalue weighted by atomic mass is 10.2. The first kappa shape index (κ1) is 11.3. The van der Waals surface area contributed by atoms with E-state index in [0.717, 1.165) is 22.6 Å². The van der Waals surface area contributed by atoms with Crippen LogP contribution in [-0.2, 0) is 0 Å². The highest BCUT2D eigenvalue weighted by molar-refractivity contribution is 5.72. The molecule has 2 heterocycles. The Bertz CT molecular complexity index is 514. The third-order valence-corrected chi connectivity index (χ3v) is 2.17. The fraction of sp³-hybridized carbons (Fsp3) is 0.273.